The zero-order chi connectivity index (χ0) is 25.8. The fourth-order valence-corrected chi connectivity index (χ4v) is 4.19. The van der Waals surface area contributed by atoms with Crippen molar-refractivity contribution in [1.29, 1.82) is 0 Å². The van der Waals surface area contributed by atoms with E-state index >= 15 is 0 Å². The van der Waals surface area contributed by atoms with Crippen LogP contribution in [0.15, 0.2) is 24.3 Å². The molecule has 1 aliphatic heterocycles. The molecule has 4 rings (SSSR count). The molecule has 1 aliphatic rings. The van der Waals surface area contributed by atoms with Gasteiger partial charge >= 0.3 is 5.97 Å². The number of fused-ring (bicyclic) bond motifs is 1. The summed E-state index contributed by atoms with van der Waals surface area (Å²) in [4.78, 5) is 29.1. The van der Waals surface area contributed by atoms with E-state index in [1.807, 2.05) is 0 Å². The molecule has 3 heterocycles. The lowest BCUT2D eigenvalue weighted by molar-refractivity contribution is -0.123. The first-order valence-electron chi connectivity index (χ1n) is 11.4. The van der Waals surface area contributed by atoms with E-state index < -0.39 is 35.7 Å². The van der Waals surface area contributed by atoms with Crippen molar-refractivity contribution in [3.63, 3.8) is 0 Å². The van der Waals surface area contributed by atoms with Gasteiger partial charge in [0.1, 0.15) is 17.1 Å². The highest BCUT2D eigenvalue weighted by molar-refractivity contribution is 6.30. The zero-order valence-electron chi connectivity index (χ0n) is 19.4. The van der Waals surface area contributed by atoms with Crippen LogP contribution in [0.2, 0.25) is 5.15 Å². The van der Waals surface area contributed by atoms with E-state index in [1.165, 1.54) is 4.52 Å². The van der Waals surface area contributed by atoms with Gasteiger partial charge in [0.05, 0.1) is 11.7 Å². The highest BCUT2D eigenvalue weighted by Crippen LogP contribution is 2.28. The summed E-state index contributed by atoms with van der Waals surface area (Å²) in [5.74, 6) is -3.40. The Morgan fingerprint density at radius 1 is 1.33 bits per heavy atom. The van der Waals surface area contributed by atoms with Gasteiger partial charge < -0.3 is 25.4 Å². The van der Waals surface area contributed by atoms with Crippen molar-refractivity contribution in [2.75, 3.05) is 38.2 Å². The van der Waals surface area contributed by atoms with E-state index in [4.69, 9.17) is 21.4 Å². The fraction of sp³-hybridized carbons (Fsp3) is 0.391. The summed E-state index contributed by atoms with van der Waals surface area (Å²) in [5.41, 5.74) is 0.778. The second-order valence-electron chi connectivity index (χ2n) is 8.39. The first-order chi connectivity index (χ1) is 17.2. The Labute approximate surface area is 210 Å². The number of carboxylic acid groups (broad SMARTS) is 1. The van der Waals surface area contributed by atoms with Crippen LogP contribution in [-0.4, -0.2) is 64.9 Å². The number of hydrogen-bond acceptors (Lipinski definition) is 7. The van der Waals surface area contributed by atoms with Crippen LogP contribution in [0, 0.1) is 11.6 Å². The highest BCUT2D eigenvalue weighted by Gasteiger charge is 2.23. The summed E-state index contributed by atoms with van der Waals surface area (Å²) in [7, 11) is 1.63. The summed E-state index contributed by atoms with van der Waals surface area (Å²) in [6.45, 7) is 0.723. The minimum absolute atomic E-state index is 0.0579. The van der Waals surface area contributed by atoms with Gasteiger partial charge in [0, 0.05) is 26.2 Å². The molecule has 3 N–H and O–H groups in total. The summed E-state index contributed by atoms with van der Waals surface area (Å²) >= 11 is 6.04. The molecule has 0 bridgehead atoms. The molecule has 2 aromatic heterocycles. The third kappa shape index (κ3) is 5.65. The number of carbonyl (C=O) groups excluding carboxylic acids is 1. The standard InChI is InChI=1S/C23H25ClF2N6O4/c1-31(9-8-28-19(33)12-36-17-6-5-13(25)10-14(17)23(34)35)22-20(26)21(24)29-18-11-16(30-32(18)22)15-4-2-3-7-27-15/h5-6,10-11,15,27H,2-4,7-9,12H2,1H3,(H,28,33)(H,34,35)/t15-/m0/s1. The molecule has 1 atom stereocenters. The number of nitrogens with zero attached hydrogens (tertiary/aromatic N) is 4. The molecule has 0 radical (unpaired) electrons. The van der Waals surface area contributed by atoms with Crippen LogP contribution in [0.3, 0.4) is 0 Å². The first-order valence-corrected chi connectivity index (χ1v) is 11.7. The lowest BCUT2D eigenvalue weighted by atomic mass is 10.0. The largest absolute Gasteiger partial charge is 0.483 e. The number of amides is 1. The van der Waals surface area contributed by atoms with Crippen molar-refractivity contribution in [3.8, 4) is 5.75 Å². The van der Waals surface area contributed by atoms with Gasteiger partial charge in [0.25, 0.3) is 5.91 Å². The fourth-order valence-electron chi connectivity index (χ4n) is 4.02. The molecular formula is C23H25ClF2N6O4. The molecule has 1 amide bonds. The van der Waals surface area contributed by atoms with Crippen LogP contribution in [0.25, 0.3) is 5.65 Å². The predicted molar refractivity (Wildman–Crippen MR) is 128 cm³/mol. The lowest BCUT2D eigenvalue weighted by Crippen LogP contribution is -2.36. The number of aromatic carboxylic acids is 1. The topological polar surface area (TPSA) is 121 Å². The van der Waals surface area contributed by atoms with Gasteiger partial charge in [0.15, 0.2) is 23.2 Å². The van der Waals surface area contributed by atoms with Gasteiger partial charge in [-0.3, -0.25) is 4.79 Å². The number of benzene rings is 1. The van der Waals surface area contributed by atoms with Crippen LogP contribution in [0.1, 0.15) is 41.4 Å². The van der Waals surface area contributed by atoms with Gasteiger partial charge in [-0.1, -0.05) is 18.0 Å². The molecular weight excluding hydrogens is 498 g/mol. The molecule has 10 nitrogen and oxygen atoms in total. The molecule has 0 spiro atoms. The number of carboxylic acids is 1. The van der Waals surface area contributed by atoms with Crippen molar-refractivity contribution in [3.05, 3.63) is 52.3 Å². The molecule has 3 aromatic rings. The Kier molecular flexibility index (Phi) is 7.85. The molecule has 0 unspecified atom stereocenters. The molecule has 0 aliphatic carbocycles. The number of likely N-dealkylation sites (N-methyl/N-ethyl adjacent to an activating group) is 1. The normalized spacial score (nSPS) is 15.6. The van der Waals surface area contributed by atoms with E-state index in [-0.39, 0.29) is 35.9 Å². The second-order valence-corrected chi connectivity index (χ2v) is 8.75. The summed E-state index contributed by atoms with van der Waals surface area (Å²) in [5, 5.41) is 19.5. The van der Waals surface area contributed by atoms with Crippen LogP contribution >= 0.6 is 11.6 Å². The molecule has 0 saturated carbocycles. The second kappa shape index (κ2) is 11.0. The average molecular weight is 523 g/mol. The SMILES string of the molecule is CN(CCNC(=O)COc1ccc(F)cc1C(=O)O)c1c(F)c(Cl)nc2cc([C@@H]3CCCCN3)nn12. The van der Waals surface area contributed by atoms with Gasteiger partial charge in [0.2, 0.25) is 5.82 Å². The number of ether oxygens (including phenoxy) is 1. The molecule has 36 heavy (non-hydrogen) atoms. The Balaban J connectivity index is 1.39. The monoisotopic (exact) mass is 522 g/mol. The number of hydrogen-bond donors (Lipinski definition) is 3. The van der Waals surface area contributed by atoms with E-state index in [0.717, 1.165) is 49.7 Å². The molecule has 1 aromatic carbocycles. The quantitative estimate of drug-likeness (QED) is 0.367. The van der Waals surface area contributed by atoms with Crippen molar-refractivity contribution < 1.29 is 28.2 Å². The number of nitrogens with one attached hydrogen (secondary N) is 2. The Bertz CT molecular complexity index is 1280. The van der Waals surface area contributed by atoms with Crippen molar-refractivity contribution in [1.82, 2.24) is 25.2 Å². The third-order valence-electron chi connectivity index (χ3n) is 5.83. The Hall–Kier alpha value is -3.51. The van der Waals surface area contributed by atoms with E-state index in [2.05, 4.69) is 20.7 Å². The van der Waals surface area contributed by atoms with Crippen LogP contribution in [-0.2, 0) is 4.79 Å². The number of halogens is 3. The van der Waals surface area contributed by atoms with Crippen molar-refractivity contribution in [2.24, 2.45) is 0 Å². The number of rotatable bonds is 9. The maximum Gasteiger partial charge on any atom is 0.339 e. The minimum Gasteiger partial charge on any atom is -0.483 e. The predicted octanol–water partition coefficient (Wildman–Crippen LogP) is 2.81. The van der Waals surface area contributed by atoms with Crippen LogP contribution < -0.4 is 20.3 Å². The average Bonchev–Trinajstić information content (AvgIpc) is 3.27. The van der Waals surface area contributed by atoms with Crippen LogP contribution in [0.5, 0.6) is 5.75 Å². The van der Waals surface area contributed by atoms with E-state index in [1.54, 1.807) is 18.0 Å². The summed E-state index contributed by atoms with van der Waals surface area (Å²) < 4.78 is 34.9. The first kappa shape index (κ1) is 25.6. The van der Waals surface area contributed by atoms with Gasteiger partial charge in [-0.15, -0.1) is 0 Å². The minimum atomic E-state index is -1.38. The third-order valence-corrected chi connectivity index (χ3v) is 6.08. The number of anilines is 1. The molecule has 192 valence electrons. The molecule has 1 saturated heterocycles. The van der Waals surface area contributed by atoms with Gasteiger partial charge in [-0.2, -0.15) is 14.0 Å². The number of carbonyl (C=O) groups is 2. The molecule has 13 heteroatoms. The highest BCUT2D eigenvalue weighted by atomic mass is 35.5. The number of piperidine rings is 1. The smallest absolute Gasteiger partial charge is 0.339 e. The Morgan fingerprint density at radius 2 is 2.14 bits per heavy atom. The maximum absolute atomic E-state index is 15.0. The van der Waals surface area contributed by atoms with Gasteiger partial charge in [-0.05, 0) is 37.6 Å². The van der Waals surface area contributed by atoms with Crippen molar-refractivity contribution >= 4 is 34.9 Å². The van der Waals surface area contributed by atoms with Crippen LogP contribution in [0.4, 0.5) is 14.6 Å². The summed E-state index contributed by atoms with van der Waals surface area (Å²) in [6.07, 6.45) is 3.09. The summed E-state index contributed by atoms with van der Waals surface area (Å²) in [6, 6.07) is 4.83. The Morgan fingerprint density at radius 3 is 2.86 bits per heavy atom. The van der Waals surface area contributed by atoms with E-state index in [0.29, 0.717) is 5.65 Å². The number of aromatic nitrogens is 3. The van der Waals surface area contributed by atoms with Gasteiger partial charge in [-0.25, -0.2) is 14.2 Å². The maximum atomic E-state index is 15.0. The molecule has 1 fully saturated rings. The van der Waals surface area contributed by atoms with E-state index in [9.17, 15) is 18.4 Å². The zero-order valence-corrected chi connectivity index (χ0v) is 20.2. The van der Waals surface area contributed by atoms with Crippen molar-refractivity contribution in [2.45, 2.75) is 25.3 Å². The lowest BCUT2D eigenvalue weighted by Gasteiger charge is -2.22.